The highest BCUT2D eigenvalue weighted by molar-refractivity contribution is 5.93. The van der Waals surface area contributed by atoms with Crippen LogP contribution < -0.4 is 0 Å². The van der Waals surface area contributed by atoms with E-state index in [1.807, 2.05) is 12.1 Å². The van der Waals surface area contributed by atoms with Gasteiger partial charge in [0, 0.05) is 5.56 Å². The van der Waals surface area contributed by atoms with Gasteiger partial charge in [-0.3, -0.25) is 10.1 Å². The second kappa shape index (κ2) is 6.87. The smallest absolute Gasteiger partial charge is 0.323 e. The van der Waals surface area contributed by atoms with Gasteiger partial charge >= 0.3 is 5.69 Å². The molecule has 0 saturated heterocycles. The maximum absolute atomic E-state index is 11.6. The molecule has 3 aromatic carbocycles. The summed E-state index contributed by atoms with van der Waals surface area (Å²) in [5, 5.41) is 49.6. The van der Waals surface area contributed by atoms with E-state index in [4.69, 9.17) is 10.5 Å². The summed E-state index contributed by atoms with van der Waals surface area (Å²) in [6.45, 7) is 0. The van der Waals surface area contributed by atoms with Crippen LogP contribution in [0, 0.1) is 32.8 Å². The molecule has 2 N–H and O–H groups in total. The Morgan fingerprint density at radius 2 is 1.33 bits per heavy atom. The zero-order valence-electron chi connectivity index (χ0n) is 13.7. The molecule has 0 spiro atoms. The number of phenols is 2. The molecule has 0 aromatic heterocycles. The third-order valence-electron chi connectivity index (χ3n) is 4.06. The molecule has 0 bridgehead atoms. The first-order valence-corrected chi connectivity index (χ1v) is 7.70. The monoisotopic (exact) mass is 357 g/mol. The number of nitriles is 2. The van der Waals surface area contributed by atoms with Crippen LogP contribution in [-0.4, -0.2) is 15.1 Å². The number of benzene rings is 3. The van der Waals surface area contributed by atoms with Gasteiger partial charge in [-0.1, -0.05) is 24.3 Å². The van der Waals surface area contributed by atoms with Gasteiger partial charge < -0.3 is 10.2 Å². The molecule has 0 radical (unpaired) electrons. The van der Waals surface area contributed by atoms with E-state index in [1.54, 1.807) is 24.3 Å². The molecule has 0 amide bonds. The third-order valence-corrected chi connectivity index (χ3v) is 4.06. The third kappa shape index (κ3) is 3.13. The Morgan fingerprint density at radius 3 is 1.78 bits per heavy atom. The highest BCUT2D eigenvalue weighted by Gasteiger charge is 2.28. The normalized spacial score (nSPS) is 10.0. The topological polar surface area (TPSA) is 131 Å². The predicted molar refractivity (Wildman–Crippen MR) is 96.7 cm³/mol. The van der Waals surface area contributed by atoms with Gasteiger partial charge in [-0.2, -0.15) is 10.5 Å². The van der Waals surface area contributed by atoms with Crippen LogP contribution in [0.5, 0.6) is 11.5 Å². The standard InChI is InChI=1S/C20H11N3O4/c21-10-12-1-5-14(6-2-12)16-9-17(24)20(25)19(23(26)27)18(16)15-7-3-13(11-22)4-8-15/h1-9,24-25H. The molecular weight excluding hydrogens is 346 g/mol. The number of rotatable bonds is 3. The lowest BCUT2D eigenvalue weighted by atomic mass is 9.91. The first-order valence-electron chi connectivity index (χ1n) is 7.70. The van der Waals surface area contributed by atoms with Gasteiger partial charge in [-0.05, 0) is 41.5 Å². The van der Waals surface area contributed by atoms with Gasteiger partial charge in [0.25, 0.3) is 0 Å². The summed E-state index contributed by atoms with van der Waals surface area (Å²) < 4.78 is 0. The van der Waals surface area contributed by atoms with Crippen LogP contribution in [-0.2, 0) is 0 Å². The van der Waals surface area contributed by atoms with E-state index in [0.29, 0.717) is 27.8 Å². The summed E-state index contributed by atoms with van der Waals surface area (Å²) in [5.74, 6) is -1.46. The fourth-order valence-electron chi connectivity index (χ4n) is 2.78. The number of phenolic OH excluding ortho intramolecular Hbond substituents is 2. The van der Waals surface area contributed by atoms with E-state index in [-0.39, 0.29) is 5.56 Å². The molecule has 0 unspecified atom stereocenters. The highest BCUT2D eigenvalue weighted by atomic mass is 16.6. The van der Waals surface area contributed by atoms with Gasteiger partial charge in [0.05, 0.1) is 33.8 Å². The van der Waals surface area contributed by atoms with E-state index < -0.39 is 22.1 Å². The van der Waals surface area contributed by atoms with Crippen molar-refractivity contribution in [2.24, 2.45) is 0 Å². The average molecular weight is 357 g/mol. The number of hydrogen-bond acceptors (Lipinski definition) is 6. The first-order chi connectivity index (χ1) is 13.0. The fourth-order valence-corrected chi connectivity index (χ4v) is 2.78. The molecular formula is C20H11N3O4. The van der Waals surface area contributed by atoms with Crippen molar-refractivity contribution in [1.82, 2.24) is 0 Å². The molecule has 0 aliphatic heterocycles. The number of hydrogen-bond donors (Lipinski definition) is 2. The van der Waals surface area contributed by atoms with Gasteiger partial charge in [0.15, 0.2) is 5.75 Å². The van der Waals surface area contributed by atoms with E-state index in [2.05, 4.69) is 0 Å². The molecule has 0 heterocycles. The second-order valence-corrected chi connectivity index (χ2v) is 5.65. The molecule has 27 heavy (non-hydrogen) atoms. The van der Waals surface area contributed by atoms with Gasteiger partial charge in [-0.15, -0.1) is 0 Å². The van der Waals surface area contributed by atoms with Crippen molar-refractivity contribution in [3.63, 3.8) is 0 Å². The van der Waals surface area contributed by atoms with Gasteiger partial charge in [-0.25, -0.2) is 0 Å². The van der Waals surface area contributed by atoms with Crippen LogP contribution >= 0.6 is 0 Å². The lowest BCUT2D eigenvalue weighted by Gasteiger charge is -2.13. The molecule has 0 aliphatic rings. The Kier molecular flexibility index (Phi) is 4.44. The summed E-state index contributed by atoms with van der Waals surface area (Å²) in [4.78, 5) is 10.8. The number of nitro benzene ring substituents is 1. The fraction of sp³-hybridized carbons (Fsp3) is 0. The molecule has 3 rings (SSSR count). The molecule has 130 valence electrons. The summed E-state index contributed by atoms with van der Waals surface area (Å²) in [7, 11) is 0. The van der Waals surface area contributed by atoms with Crippen molar-refractivity contribution in [2.45, 2.75) is 0 Å². The van der Waals surface area contributed by atoms with E-state index in [9.17, 15) is 20.3 Å². The number of aromatic hydroxyl groups is 2. The van der Waals surface area contributed by atoms with Gasteiger partial charge in [0.2, 0.25) is 5.75 Å². The van der Waals surface area contributed by atoms with Crippen molar-refractivity contribution in [1.29, 1.82) is 10.5 Å². The van der Waals surface area contributed by atoms with Crippen LogP contribution in [0.25, 0.3) is 22.3 Å². The first kappa shape index (κ1) is 17.5. The van der Waals surface area contributed by atoms with Crippen molar-refractivity contribution in [3.05, 3.63) is 75.8 Å². The zero-order chi connectivity index (χ0) is 19.6. The minimum Gasteiger partial charge on any atom is -0.504 e. The maximum atomic E-state index is 11.6. The molecule has 7 nitrogen and oxygen atoms in total. The number of nitro groups is 1. The molecule has 0 aliphatic carbocycles. The van der Waals surface area contributed by atoms with Crippen molar-refractivity contribution >= 4 is 5.69 Å². The lowest BCUT2D eigenvalue weighted by molar-refractivity contribution is -0.385. The Balaban J connectivity index is 2.36. The lowest BCUT2D eigenvalue weighted by Crippen LogP contribution is -1.96. The van der Waals surface area contributed by atoms with Crippen molar-refractivity contribution in [2.75, 3.05) is 0 Å². The minimum absolute atomic E-state index is 0.101. The Labute approximate surface area is 153 Å². The summed E-state index contributed by atoms with van der Waals surface area (Å²) in [5.41, 5.74) is 1.48. The average Bonchev–Trinajstić information content (AvgIpc) is 2.69. The second-order valence-electron chi connectivity index (χ2n) is 5.65. The molecule has 7 heteroatoms. The van der Waals surface area contributed by atoms with Crippen LogP contribution in [0.2, 0.25) is 0 Å². The van der Waals surface area contributed by atoms with Crippen LogP contribution in [0.15, 0.2) is 54.6 Å². The van der Waals surface area contributed by atoms with Gasteiger partial charge in [0.1, 0.15) is 0 Å². The maximum Gasteiger partial charge on any atom is 0.323 e. The van der Waals surface area contributed by atoms with Crippen molar-refractivity contribution < 1.29 is 15.1 Å². The van der Waals surface area contributed by atoms with Crippen LogP contribution in [0.3, 0.4) is 0 Å². The quantitative estimate of drug-likeness (QED) is 0.412. The molecule has 0 atom stereocenters. The zero-order valence-corrected chi connectivity index (χ0v) is 13.7. The Bertz CT molecular complexity index is 1120. The van der Waals surface area contributed by atoms with Crippen LogP contribution in [0.1, 0.15) is 11.1 Å². The van der Waals surface area contributed by atoms with E-state index in [1.165, 1.54) is 30.3 Å². The Morgan fingerprint density at radius 1 is 0.852 bits per heavy atom. The molecule has 3 aromatic rings. The largest absolute Gasteiger partial charge is 0.504 e. The molecule has 0 saturated carbocycles. The highest BCUT2D eigenvalue weighted by Crippen LogP contribution is 2.48. The van der Waals surface area contributed by atoms with Crippen LogP contribution in [0.4, 0.5) is 5.69 Å². The van der Waals surface area contributed by atoms with E-state index in [0.717, 1.165) is 0 Å². The van der Waals surface area contributed by atoms with E-state index >= 15 is 0 Å². The SMILES string of the molecule is N#Cc1ccc(-c2cc(O)c(O)c([N+](=O)[O-])c2-c2ccc(C#N)cc2)cc1. The summed E-state index contributed by atoms with van der Waals surface area (Å²) in [6.07, 6.45) is 0. The number of nitrogens with zero attached hydrogens (tertiary/aromatic N) is 3. The molecule has 0 fully saturated rings. The Hall–Kier alpha value is -4.36. The summed E-state index contributed by atoms with van der Waals surface area (Å²) >= 11 is 0. The summed E-state index contributed by atoms with van der Waals surface area (Å²) in [6, 6.07) is 17.6. The predicted octanol–water partition coefficient (Wildman–Crippen LogP) is 4.08. The minimum atomic E-state index is -0.836. The van der Waals surface area contributed by atoms with Crippen molar-refractivity contribution in [3.8, 4) is 45.9 Å².